The highest BCUT2D eigenvalue weighted by atomic mass is 19.1. The highest BCUT2D eigenvalue weighted by molar-refractivity contribution is 5.20. The first-order valence-electron chi connectivity index (χ1n) is 5.80. The Morgan fingerprint density at radius 2 is 2.06 bits per heavy atom. The van der Waals surface area contributed by atoms with Crippen molar-refractivity contribution in [2.24, 2.45) is 5.73 Å². The molecule has 0 aliphatic carbocycles. The van der Waals surface area contributed by atoms with Crippen molar-refractivity contribution in [3.8, 4) is 0 Å². The van der Waals surface area contributed by atoms with Gasteiger partial charge < -0.3 is 10.5 Å². The molecule has 2 nitrogen and oxygen atoms in total. The van der Waals surface area contributed by atoms with Crippen LogP contribution in [0.25, 0.3) is 0 Å². The molecule has 2 rings (SSSR count). The van der Waals surface area contributed by atoms with Gasteiger partial charge in [-0.15, -0.1) is 0 Å². The number of rotatable bonds is 2. The fourth-order valence-corrected chi connectivity index (χ4v) is 2.23. The number of nitrogens with two attached hydrogens (primary N) is 1. The quantitative estimate of drug-likeness (QED) is 0.834. The summed E-state index contributed by atoms with van der Waals surface area (Å²) in [5.74, 6) is -0.155. The summed E-state index contributed by atoms with van der Waals surface area (Å²) in [4.78, 5) is 0. The molecule has 3 heteroatoms. The van der Waals surface area contributed by atoms with Gasteiger partial charge >= 0.3 is 0 Å². The summed E-state index contributed by atoms with van der Waals surface area (Å²) in [5, 5.41) is 0. The lowest BCUT2D eigenvalue weighted by Gasteiger charge is -2.27. The molecule has 0 saturated carbocycles. The second kappa shape index (κ2) is 4.93. The topological polar surface area (TPSA) is 35.2 Å². The van der Waals surface area contributed by atoms with Gasteiger partial charge in [0.2, 0.25) is 0 Å². The molecule has 1 atom stereocenters. The number of hydrogen-bond donors (Lipinski definition) is 1. The highest BCUT2D eigenvalue weighted by Crippen LogP contribution is 2.24. The van der Waals surface area contributed by atoms with Gasteiger partial charge in [0.25, 0.3) is 0 Å². The lowest BCUT2D eigenvalue weighted by molar-refractivity contribution is 0.139. The molecule has 1 fully saturated rings. The molecular weight excluding hydrogens is 205 g/mol. The van der Waals surface area contributed by atoms with Crippen molar-refractivity contribution in [2.75, 3.05) is 13.2 Å². The Morgan fingerprint density at radius 1 is 1.25 bits per heavy atom. The van der Waals surface area contributed by atoms with Crippen LogP contribution < -0.4 is 5.73 Å². The maximum absolute atomic E-state index is 13.5. The summed E-state index contributed by atoms with van der Waals surface area (Å²) in [6.07, 6.45) is 3.27. The monoisotopic (exact) mass is 223 g/mol. The molecule has 16 heavy (non-hydrogen) atoms. The normalized spacial score (nSPS) is 26.4. The molecule has 1 aliphatic rings. The van der Waals surface area contributed by atoms with E-state index in [0.29, 0.717) is 18.6 Å². The number of halogens is 1. The Labute approximate surface area is 95.6 Å². The van der Waals surface area contributed by atoms with Crippen LogP contribution in [0.2, 0.25) is 0 Å². The third-order valence-corrected chi connectivity index (χ3v) is 3.21. The minimum absolute atomic E-state index is 0.155. The standard InChI is InChI=1S/C13H18FNO/c14-12-5-2-1-4-11(12)10-13(15)6-3-8-16-9-7-13/h1-2,4-5H,3,6-10,15H2. The maximum atomic E-state index is 13.5. The molecule has 0 amide bonds. The van der Waals surface area contributed by atoms with Crippen LogP contribution in [0.4, 0.5) is 4.39 Å². The molecule has 88 valence electrons. The molecule has 1 aromatic rings. The molecular formula is C13H18FNO. The van der Waals surface area contributed by atoms with E-state index in [2.05, 4.69) is 0 Å². The van der Waals surface area contributed by atoms with Crippen molar-refractivity contribution in [3.05, 3.63) is 35.6 Å². The zero-order valence-electron chi connectivity index (χ0n) is 9.42. The van der Waals surface area contributed by atoms with Gasteiger partial charge in [0, 0.05) is 18.8 Å². The van der Waals surface area contributed by atoms with Crippen LogP contribution in [0.5, 0.6) is 0 Å². The Balaban J connectivity index is 2.10. The van der Waals surface area contributed by atoms with Gasteiger partial charge in [0.1, 0.15) is 5.82 Å². The second-order valence-electron chi connectivity index (χ2n) is 4.60. The van der Waals surface area contributed by atoms with Crippen LogP contribution in [-0.4, -0.2) is 18.8 Å². The van der Waals surface area contributed by atoms with Crippen molar-refractivity contribution < 1.29 is 9.13 Å². The largest absolute Gasteiger partial charge is 0.381 e. The van der Waals surface area contributed by atoms with Gasteiger partial charge in [-0.05, 0) is 37.3 Å². The number of hydrogen-bond acceptors (Lipinski definition) is 2. The van der Waals surface area contributed by atoms with Crippen LogP contribution in [0.3, 0.4) is 0 Å². The van der Waals surface area contributed by atoms with E-state index in [-0.39, 0.29) is 11.4 Å². The summed E-state index contributed by atoms with van der Waals surface area (Å²) in [6.45, 7) is 1.46. The predicted molar refractivity (Wildman–Crippen MR) is 61.7 cm³/mol. The van der Waals surface area contributed by atoms with E-state index in [9.17, 15) is 4.39 Å². The first kappa shape index (κ1) is 11.6. The molecule has 0 aromatic heterocycles. The van der Waals surface area contributed by atoms with Gasteiger partial charge in [0.05, 0.1) is 0 Å². The Hall–Kier alpha value is -0.930. The fraction of sp³-hybridized carbons (Fsp3) is 0.538. The van der Waals surface area contributed by atoms with E-state index in [4.69, 9.17) is 10.5 Å². The van der Waals surface area contributed by atoms with Gasteiger partial charge in [-0.3, -0.25) is 0 Å². The van der Waals surface area contributed by atoms with Crippen molar-refractivity contribution in [1.82, 2.24) is 0 Å². The number of ether oxygens (including phenoxy) is 1. The van der Waals surface area contributed by atoms with Crippen LogP contribution in [0, 0.1) is 5.82 Å². The number of benzene rings is 1. The summed E-state index contributed by atoms with van der Waals surface area (Å²) in [5.41, 5.74) is 6.72. The van der Waals surface area contributed by atoms with E-state index in [0.717, 1.165) is 25.9 Å². The Kier molecular flexibility index (Phi) is 3.56. The van der Waals surface area contributed by atoms with Gasteiger partial charge in [-0.25, -0.2) is 4.39 Å². The van der Waals surface area contributed by atoms with Gasteiger partial charge in [-0.2, -0.15) is 0 Å². The summed E-state index contributed by atoms with van der Waals surface area (Å²) in [7, 11) is 0. The summed E-state index contributed by atoms with van der Waals surface area (Å²) >= 11 is 0. The fourth-order valence-electron chi connectivity index (χ4n) is 2.23. The minimum Gasteiger partial charge on any atom is -0.381 e. The highest BCUT2D eigenvalue weighted by Gasteiger charge is 2.27. The third kappa shape index (κ3) is 2.80. The van der Waals surface area contributed by atoms with Crippen molar-refractivity contribution in [3.63, 3.8) is 0 Å². The molecule has 1 saturated heterocycles. The van der Waals surface area contributed by atoms with E-state index in [1.54, 1.807) is 6.07 Å². The molecule has 1 aliphatic heterocycles. The van der Waals surface area contributed by atoms with E-state index >= 15 is 0 Å². The Morgan fingerprint density at radius 3 is 2.88 bits per heavy atom. The SMILES string of the molecule is NC1(Cc2ccccc2F)CCCOCC1. The van der Waals surface area contributed by atoms with E-state index < -0.39 is 0 Å². The maximum Gasteiger partial charge on any atom is 0.126 e. The zero-order chi connectivity index (χ0) is 11.4. The second-order valence-corrected chi connectivity index (χ2v) is 4.60. The Bertz CT molecular complexity index is 346. The first-order valence-corrected chi connectivity index (χ1v) is 5.80. The lowest BCUT2D eigenvalue weighted by atomic mass is 9.85. The van der Waals surface area contributed by atoms with Gasteiger partial charge in [-0.1, -0.05) is 18.2 Å². The van der Waals surface area contributed by atoms with Crippen LogP contribution in [-0.2, 0) is 11.2 Å². The van der Waals surface area contributed by atoms with E-state index in [1.165, 1.54) is 6.07 Å². The smallest absolute Gasteiger partial charge is 0.126 e. The van der Waals surface area contributed by atoms with Gasteiger partial charge in [0.15, 0.2) is 0 Å². The van der Waals surface area contributed by atoms with Crippen molar-refractivity contribution in [1.29, 1.82) is 0 Å². The first-order chi connectivity index (χ1) is 7.70. The van der Waals surface area contributed by atoms with Crippen LogP contribution in [0.1, 0.15) is 24.8 Å². The van der Waals surface area contributed by atoms with Crippen molar-refractivity contribution in [2.45, 2.75) is 31.2 Å². The molecule has 0 bridgehead atoms. The molecule has 0 radical (unpaired) electrons. The molecule has 1 aromatic carbocycles. The van der Waals surface area contributed by atoms with E-state index in [1.807, 2.05) is 12.1 Å². The summed E-state index contributed by atoms with van der Waals surface area (Å²) < 4.78 is 18.9. The zero-order valence-corrected chi connectivity index (χ0v) is 9.42. The summed E-state index contributed by atoms with van der Waals surface area (Å²) in [6, 6.07) is 6.87. The minimum atomic E-state index is -0.307. The third-order valence-electron chi connectivity index (χ3n) is 3.21. The van der Waals surface area contributed by atoms with Crippen molar-refractivity contribution >= 4 is 0 Å². The average Bonchev–Trinajstić information content (AvgIpc) is 2.47. The van der Waals surface area contributed by atoms with Crippen LogP contribution in [0.15, 0.2) is 24.3 Å². The van der Waals surface area contributed by atoms with Crippen LogP contribution >= 0.6 is 0 Å². The molecule has 1 heterocycles. The molecule has 1 unspecified atom stereocenters. The average molecular weight is 223 g/mol. The molecule has 2 N–H and O–H groups in total. The molecule has 0 spiro atoms. The predicted octanol–water partition coefficient (Wildman–Crippen LogP) is 2.27. The lowest BCUT2D eigenvalue weighted by Crippen LogP contribution is -2.42.